The third kappa shape index (κ3) is 3.16. The zero-order valence-corrected chi connectivity index (χ0v) is 17.8. The van der Waals surface area contributed by atoms with Crippen molar-refractivity contribution in [2.24, 2.45) is 11.8 Å². The van der Waals surface area contributed by atoms with E-state index in [-0.39, 0.29) is 23.8 Å². The molecule has 2 heterocycles. The van der Waals surface area contributed by atoms with Crippen molar-refractivity contribution in [3.8, 4) is 11.5 Å². The van der Waals surface area contributed by atoms with Gasteiger partial charge in [0.1, 0.15) is 5.54 Å². The predicted octanol–water partition coefficient (Wildman–Crippen LogP) is 2.77. The molecule has 3 amide bonds. The Hall–Kier alpha value is -2.28. The first kappa shape index (κ1) is 20.0. The smallest absolute Gasteiger partial charge is 0.326 e. The molecule has 1 spiro atoms. The number of urea groups is 1. The van der Waals surface area contributed by atoms with Crippen LogP contribution in [0.2, 0.25) is 0 Å². The quantitative estimate of drug-likeness (QED) is 0.786. The summed E-state index contributed by atoms with van der Waals surface area (Å²) in [5.74, 6) is 1.70. The number of carbonyl (C=O) groups is 2. The summed E-state index contributed by atoms with van der Waals surface area (Å²) in [6.45, 7) is 5.96. The number of nitrogens with one attached hydrogen (secondary N) is 1. The molecule has 1 aromatic carbocycles. The van der Waals surface area contributed by atoms with Gasteiger partial charge in [0, 0.05) is 13.1 Å². The molecule has 0 radical (unpaired) electrons. The van der Waals surface area contributed by atoms with Gasteiger partial charge in [-0.1, -0.05) is 20.3 Å². The van der Waals surface area contributed by atoms with Crippen LogP contribution in [0.15, 0.2) is 12.1 Å². The first-order valence-corrected chi connectivity index (χ1v) is 10.5. The van der Waals surface area contributed by atoms with Gasteiger partial charge in [-0.3, -0.25) is 9.69 Å². The second-order valence-corrected chi connectivity index (χ2v) is 8.69. The van der Waals surface area contributed by atoms with Gasteiger partial charge in [0.2, 0.25) is 0 Å². The van der Waals surface area contributed by atoms with E-state index in [9.17, 15) is 9.59 Å². The number of carbonyl (C=O) groups excluding carboxylic acids is 2. The van der Waals surface area contributed by atoms with Crippen LogP contribution in [-0.4, -0.2) is 54.7 Å². The van der Waals surface area contributed by atoms with E-state index in [0.29, 0.717) is 19.0 Å². The number of ether oxygens (including phenoxy) is 2. The van der Waals surface area contributed by atoms with Crippen LogP contribution >= 0.6 is 0 Å². The van der Waals surface area contributed by atoms with Gasteiger partial charge in [-0.2, -0.15) is 0 Å². The Balaban J connectivity index is 1.52. The standard InChI is InChI=1S/C22H31N3O4/c1-14-6-5-7-15(2)22(14)20(26)25(21(27)23-22)13-24-9-8-16-10-18(28-3)19(29-4)11-17(16)12-24/h10-11,14-15H,5-9,12-13H2,1-4H3,(H,23,27). The Bertz CT molecular complexity index is 815. The van der Waals surface area contributed by atoms with E-state index < -0.39 is 5.54 Å². The van der Waals surface area contributed by atoms with Crippen molar-refractivity contribution >= 4 is 11.9 Å². The van der Waals surface area contributed by atoms with Crippen LogP contribution < -0.4 is 14.8 Å². The summed E-state index contributed by atoms with van der Waals surface area (Å²) in [7, 11) is 3.27. The number of methoxy groups -OCH3 is 2. The number of nitrogens with zero attached hydrogens (tertiary/aromatic N) is 2. The molecule has 2 fully saturated rings. The van der Waals surface area contributed by atoms with Crippen LogP contribution in [0.3, 0.4) is 0 Å². The van der Waals surface area contributed by atoms with Crippen molar-refractivity contribution in [2.45, 2.75) is 51.6 Å². The minimum atomic E-state index is -0.736. The van der Waals surface area contributed by atoms with E-state index in [4.69, 9.17) is 9.47 Å². The van der Waals surface area contributed by atoms with Gasteiger partial charge in [-0.05, 0) is 54.4 Å². The molecule has 2 atom stereocenters. The van der Waals surface area contributed by atoms with Gasteiger partial charge >= 0.3 is 6.03 Å². The second kappa shape index (κ2) is 7.52. The minimum absolute atomic E-state index is 0.0553. The molecule has 7 nitrogen and oxygen atoms in total. The van der Waals surface area contributed by atoms with Gasteiger partial charge in [0.05, 0.1) is 20.9 Å². The average molecular weight is 402 g/mol. The molecule has 1 saturated heterocycles. The number of amides is 3. The molecule has 158 valence electrons. The largest absolute Gasteiger partial charge is 0.493 e. The van der Waals surface area contributed by atoms with E-state index in [1.165, 1.54) is 10.5 Å². The maximum atomic E-state index is 13.4. The molecule has 1 aliphatic carbocycles. The van der Waals surface area contributed by atoms with Crippen molar-refractivity contribution < 1.29 is 19.1 Å². The van der Waals surface area contributed by atoms with Crippen molar-refractivity contribution in [1.82, 2.24) is 15.1 Å². The highest BCUT2D eigenvalue weighted by molar-refractivity contribution is 6.07. The zero-order valence-electron chi connectivity index (χ0n) is 17.8. The highest BCUT2D eigenvalue weighted by Gasteiger charge is 2.58. The van der Waals surface area contributed by atoms with Crippen molar-refractivity contribution in [1.29, 1.82) is 0 Å². The van der Waals surface area contributed by atoms with Crippen LogP contribution in [0.5, 0.6) is 11.5 Å². The van der Waals surface area contributed by atoms with Gasteiger partial charge in [0.25, 0.3) is 5.91 Å². The molecular formula is C22H31N3O4. The van der Waals surface area contributed by atoms with Crippen LogP contribution in [0.4, 0.5) is 4.79 Å². The Kier molecular flexibility index (Phi) is 5.19. The number of hydrogen-bond donors (Lipinski definition) is 1. The van der Waals surface area contributed by atoms with Gasteiger partial charge in [-0.25, -0.2) is 9.69 Å². The maximum absolute atomic E-state index is 13.4. The van der Waals surface area contributed by atoms with Gasteiger partial charge in [-0.15, -0.1) is 0 Å². The van der Waals surface area contributed by atoms with Crippen LogP contribution in [0.1, 0.15) is 44.2 Å². The highest BCUT2D eigenvalue weighted by Crippen LogP contribution is 2.42. The lowest BCUT2D eigenvalue weighted by molar-refractivity contribution is -0.138. The number of imide groups is 1. The Labute approximate surface area is 172 Å². The number of hydrogen-bond acceptors (Lipinski definition) is 5. The lowest BCUT2D eigenvalue weighted by atomic mass is 9.67. The Morgan fingerprint density at radius 3 is 2.31 bits per heavy atom. The number of fused-ring (bicyclic) bond motifs is 1. The highest BCUT2D eigenvalue weighted by atomic mass is 16.5. The van der Waals surface area contributed by atoms with E-state index in [1.54, 1.807) is 14.2 Å². The fourth-order valence-corrected chi connectivity index (χ4v) is 5.34. The minimum Gasteiger partial charge on any atom is -0.493 e. The van der Waals surface area contributed by atoms with E-state index in [1.807, 2.05) is 12.1 Å². The second-order valence-electron chi connectivity index (χ2n) is 8.69. The van der Waals surface area contributed by atoms with Gasteiger partial charge < -0.3 is 14.8 Å². The number of rotatable bonds is 4. The fourth-order valence-electron chi connectivity index (χ4n) is 5.34. The first-order valence-electron chi connectivity index (χ1n) is 10.5. The SMILES string of the molecule is COc1cc2c(cc1OC)CN(CN1C(=O)NC3(C1=O)C(C)CCCC3C)CC2. The van der Waals surface area contributed by atoms with Crippen molar-refractivity contribution in [2.75, 3.05) is 27.4 Å². The van der Waals surface area contributed by atoms with Gasteiger partial charge in [0.15, 0.2) is 11.5 Å². The summed E-state index contributed by atoms with van der Waals surface area (Å²) in [4.78, 5) is 29.8. The van der Waals surface area contributed by atoms with Crippen LogP contribution in [0, 0.1) is 11.8 Å². The molecule has 1 N–H and O–H groups in total. The van der Waals surface area contributed by atoms with Crippen LogP contribution in [-0.2, 0) is 17.8 Å². The Morgan fingerprint density at radius 1 is 1.07 bits per heavy atom. The summed E-state index contributed by atoms with van der Waals surface area (Å²) in [6, 6.07) is 3.77. The molecule has 7 heteroatoms. The predicted molar refractivity (Wildman–Crippen MR) is 109 cm³/mol. The van der Waals surface area contributed by atoms with E-state index >= 15 is 0 Å². The monoisotopic (exact) mass is 401 g/mol. The normalized spacial score (nSPS) is 29.7. The molecule has 2 aliphatic heterocycles. The summed E-state index contributed by atoms with van der Waals surface area (Å²) >= 11 is 0. The molecule has 4 rings (SSSR count). The number of benzene rings is 1. The van der Waals surface area contributed by atoms with Crippen LogP contribution in [0.25, 0.3) is 0 Å². The summed E-state index contributed by atoms with van der Waals surface area (Å²) in [5, 5.41) is 3.08. The van der Waals surface area contributed by atoms with Crippen molar-refractivity contribution in [3.63, 3.8) is 0 Å². The molecule has 0 aromatic heterocycles. The molecule has 29 heavy (non-hydrogen) atoms. The molecule has 1 aromatic rings. The summed E-state index contributed by atoms with van der Waals surface area (Å²) in [6.07, 6.45) is 3.91. The maximum Gasteiger partial charge on any atom is 0.326 e. The summed E-state index contributed by atoms with van der Waals surface area (Å²) in [5.41, 5.74) is 1.64. The topological polar surface area (TPSA) is 71.1 Å². The third-order valence-electron chi connectivity index (χ3n) is 7.13. The summed E-state index contributed by atoms with van der Waals surface area (Å²) < 4.78 is 10.8. The lowest BCUT2D eigenvalue weighted by Crippen LogP contribution is -2.59. The first-order chi connectivity index (χ1) is 13.9. The Morgan fingerprint density at radius 2 is 1.69 bits per heavy atom. The molecule has 0 bridgehead atoms. The molecule has 2 unspecified atom stereocenters. The lowest BCUT2D eigenvalue weighted by Gasteiger charge is -2.42. The van der Waals surface area contributed by atoms with E-state index in [2.05, 4.69) is 24.1 Å². The third-order valence-corrected chi connectivity index (χ3v) is 7.13. The average Bonchev–Trinajstić information content (AvgIpc) is 2.96. The zero-order chi connectivity index (χ0) is 20.8. The molecule has 3 aliphatic rings. The van der Waals surface area contributed by atoms with Crippen molar-refractivity contribution in [3.05, 3.63) is 23.3 Å². The molecular weight excluding hydrogens is 370 g/mol. The van der Waals surface area contributed by atoms with E-state index in [0.717, 1.165) is 43.5 Å². The fraction of sp³-hybridized carbons (Fsp3) is 0.636. The molecule has 1 saturated carbocycles.